The van der Waals surface area contributed by atoms with Gasteiger partial charge in [0.15, 0.2) is 5.65 Å². The number of benzene rings is 1. The van der Waals surface area contributed by atoms with Crippen LogP contribution in [0, 0.1) is 5.92 Å². The van der Waals surface area contributed by atoms with E-state index < -0.39 is 5.97 Å². The van der Waals surface area contributed by atoms with Crippen LogP contribution in [0.15, 0.2) is 67.0 Å². The van der Waals surface area contributed by atoms with Gasteiger partial charge in [-0.3, -0.25) is 9.78 Å². The standard InChI is InChI=1S/C18H16N6.C4H6O2/c19-18-22-17-5-1-4-16(24(17)23-18)14-8-6-13(7-9-14)11-21-15-3-2-10-20-12-15;5-4(6)3-1-2-3/h1-10,12,21H,11H2,(H2,19,23);3H,1-2H2,(H,5,6). The zero-order chi connectivity index (χ0) is 20.9. The van der Waals surface area contributed by atoms with Gasteiger partial charge in [0.1, 0.15) is 0 Å². The molecule has 1 aromatic carbocycles. The summed E-state index contributed by atoms with van der Waals surface area (Å²) in [4.78, 5) is 18.0. The first-order valence-electron chi connectivity index (χ1n) is 9.67. The Morgan fingerprint density at radius 1 is 1.13 bits per heavy atom. The molecule has 0 amide bonds. The Labute approximate surface area is 173 Å². The maximum Gasteiger partial charge on any atom is 0.306 e. The zero-order valence-corrected chi connectivity index (χ0v) is 16.3. The summed E-state index contributed by atoms with van der Waals surface area (Å²) in [5.74, 6) is -0.334. The van der Waals surface area contributed by atoms with Gasteiger partial charge in [-0.25, -0.2) is 4.52 Å². The van der Waals surface area contributed by atoms with Crippen LogP contribution >= 0.6 is 0 Å². The molecule has 152 valence electrons. The van der Waals surface area contributed by atoms with E-state index in [1.165, 1.54) is 5.56 Å². The van der Waals surface area contributed by atoms with Crippen molar-refractivity contribution in [1.29, 1.82) is 0 Å². The van der Waals surface area contributed by atoms with E-state index in [2.05, 4.69) is 44.6 Å². The molecule has 8 nitrogen and oxygen atoms in total. The fourth-order valence-corrected chi connectivity index (χ4v) is 2.94. The van der Waals surface area contributed by atoms with Crippen LogP contribution in [0.1, 0.15) is 18.4 Å². The number of nitrogens with two attached hydrogens (primary N) is 1. The van der Waals surface area contributed by atoms with Crippen molar-refractivity contribution in [1.82, 2.24) is 19.6 Å². The van der Waals surface area contributed by atoms with Gasteiger partial charge in [0.25, 0.3) is 0 Å². The van der Waals surface area contributed by atoms with Crippen LogP contribution in [0.3, 0.4) is 0 Å². The van der Waals surface area contributed by atoms with Gasteiger partial charge in [0, 0.05) is 24.5 Å². The molecule has 3 heterocycles. The Bertz CT molecular complexity index is 1140. The second-order valence-electron chi connectivity index (χ2n) is 7.06. The van der Waals surface area contributed by atoms with E-state index in [-0.39, 0.29) is 11.9 Å². The third-order valence-corrected chi connectivity index (χ3v) is 4.71. The predicted molar refractivity (Wildman–Crippen MR) is 115 cm³/mol. The number of rotatable bonds is 5. The Hall–Kier alpha value is -3.94. The van der Waals surface area contributed by atoms with Crippen molar-refractivity contribution in [2.24, 2.45) is 5.92 Å². The highest BCUT2D eigenvalue weighted by molar-refractivity contribution is 5.72. The topological polar surface area (TPSA) is 118 Å². The van der Waals surface area contributed by atoms with Crippen LogP contribution in [-0.4, -0.2) is 30.7 Å². The number of aromatic nitrogens is 4. The minimum Gasteiger partial charge on any atom is -0.481 e. The molecular formula is C22H22N6O2. The average molecular weight is 402 g/mol. The lowest BCUT2D eigenvalue weighted by molar-refractivity contribution is -0.138. The fourth-order valence-electron chi connectivity index (χ4n) is 2.94. The van der Waals surface area contributed by atoms with Crippen molar-refractivity contribution in [3.05, 3.63) is 72.6 Å². The van der Waals surface area contributed by atoms with Crippen LogP contribution in [0.4, 0.5) is 11.6 Å². The average Bonchev–Trinajstić information content (AvgIpc) is 3.55. The third-order valence-electron chi connectivity index (χ3n) is 4.71. The van der Waals surface area contributed by atoms with Crippen molar-refractivity contribution < 1.29 is 9.90 Å². The molecule has 4 N–H and O–H groups in total. The molecule has 1 saturated carbocycles. The number of hydrogen-bond donors (Lipinski definition) is 3. The van der Waals surface area contributed by atoms with Gasteiger partial charge in [0.05, 0.1) is 17.3 Å². The van der Waals surface area contributed by atoms with Crippen LogP contribution in [0.2, 0.25) is 0 Å². The molecule has 0 unspecified atom stereocenters. The van der Waals surface area contributed by atoms with Crippen molar-refractivity contribution >= 4 is 23.3 Å². The van der Waals surface area contributed by atoms with Gasteiger partial charge < -0.3 is 16.2 Å². The zero-order valence-electron chi connectivity index (χ0n) is 16.3. The summed E-state index contributed by atoms with van der Waals surface area (Å²) in [6.07, 6.45) is 5.37. The number of nitrogens with one attached hydrogen (secondary N) is 1. The summed E-state index contributed by atoms with van der Waals surface area (Å²) in [7, 11) is 0. The number of fused-ring (bicyclic) bond motifs is 1. The number of pyridine rings is 2. The summed E-state index contributed by atoms with van der Waals surface area (Å²) in [6, 6.07) is 18.1. The van der Waals surface area contributed by atoms with Gasteiger partial charge >= 0.3 is 5.97 Å². The second-order valence-corrected chi connectivity index (χ2v) is 7.06. The van der Waals surface area contributed by atoms with E-state index in [1.807, 2.05) is 36.5 Å². The maximum atomic E-state index is 9.76. The first-order valence-corrected chi connectivity index (χ1v) is 9.67. The van der Waals surface area contributed by atoms with Gasteiger partial charge in [0.2, 0.25) is 5.95 Å². The SMILES string of the molecule is Nc1nc2cccc(-c3ccc(CNc4cccnc4)cc3)n2n1.O=C(O)C1CC1. The van der Waals surface area contributed by atoms with Crippen molar-refractivity contribution in [2.45, 2.75) is 19.4 Å². The van der Waals surface area contributed by atoms with Gasteiger partial charge in [-0.2, -0.15) is 4.98 Å². The van der Waals surface area contributed by atoms with Gasteiger partial charge in [-0.15, -0.1) is 5.10 Å². The molecule has 5 rings (SSSR count). The highest BCUT2D eigenvalue weighted by Crippen LogP contribution is 2.28. The predicted octanol–water partition coefficient (Wildman–Crippen LogP) is 3.47. The van der Waals surface area contributed by atoms with E-state index in [0.29, 0.717) is 0 Å². The smallest absolute Gasteiger partial charge is 0.306 e. The van der Waals surface area contributed by atoms with Crippen LogP contribution in [0.25, 0.3) is 16.9 Å². The molecule has 8 heteroatoms. The minimum absolute atomic E-state index is 0.0185. The molecule has 1 aliphatic carbocycles. The first kappa shape index (κ1) is 19.4. The molecule has 0 radical (unpaired) electrons. The van der Waals surface area contributed by atoms with Gasteiger partial charge in [-0.05, 0) is 42.7 Å². The summed E-state index contributed by atoms with van der Waals surface area (Å²) in [6.45, 7) is 0.743. The molecule has 30 heavy (non-hydrogen) atoms. The highest BCUT2D eigenvalue weighted by Gasteiger charge is 2.28. The molecule has 1 fully saturated rings. The number of aliphatic carboxylic acids is 1. The lowest BCUT2D eigenvalue weighted by atomic mass is 10.1. The minimum atomic E-state index is -0.630. The largest absolute Gasteiger partial charge is 0.481 e. The number of hydrogen-bond acceptors (Lipinski definition) is 6. The lowest BCUT2D eigenvalue weighted by Crippen LogP contribution is -2.00. The number of nitrogen functional groups attached to an aromatic ring is 1. The molecule has 4 aromatic rings. The quantitative estimate of drug-likeness (QED) is 0.468. The first-order chi connectivity index (χ1) is 14.6. The Morgan fingerprint density at radius 3 is 2.57 bits per heavy atom. The molecule has 0 aliphatic heterocycles. The number of anilines is 2. The third kappa shape index (κ3) is 4.72. The molecule has 3 aromatic heterocycles. The Kier molecular flexibility index (Phi) is 5.56. The second kappa shape index (κ2) is 8.60. The van der Waals surface area contributed by atoms with E-state index in [1.54, 1.807) is 10.7 Å². The van der Waals surface area contributed by atoms with E-state index >= 15 is 0 Å². The number of carbonyl (C=O) groups is 1. The van der Waals surface area contributed by atoms with E-state index in [9.17, 15) is 4.79 Å². The number of nitrogens with zero attached hydrogens (tertiary/aromatic N) is 4. The molecule has 0 saturated heterocycles. The van der Waals surface area contributed by atoms with Crippen molar-refractivity contribution in [3.63, 3.8) is 0 Å². The maximum absolute atomic E-state index is 9.76. The highest BCUT2D eigenvalue weighted by atomic mass is 16.4. The molecular weight excluding hydrogens is 380 g/mol. The Morgan fingerprint density at radius 2 is 1.93 bits per heavy atom. The van der Waals surface area contributed by atoms with Crippen molar-refractivity contribution in [3.8, 4) is 11.3 Å². The lowest BCUT2D eigenvalue weighted by Gasteiger charge is -2.08. The van der Waals surface area contributed by atoms with Crippen molar-refractivity contribution in [2.75, 3.05) is 11.1 Å². The normalized spacial score (nSPS) is 12.8. The van der Waals surface area contributed by atoms with Crippen LogP contribution in [-0.2, 0) is 11.3 Å². The Balaban J connectivity index is 0.000000313. The molecule has 0 bridgehead atoms. The van der Waals surface area contributed by atoms with Crippen LogP contribution < -0.4 is 11.1 Å². The molecule has 0 atom stereocenters. The molecule has 1 aliphatic rings. The summed E-state index contributed by atoms with van der Waals surface area (Å²) >= 11 is 0. The summed E-state index contributed by atoms with van der Waals surface area (Å²) < 4.78 is 1.76. The molecule has 0 spiro atoms. The van der Waals surface area contributed by atoms with E-state index in [0.717, 1.165) is 42.0 Å². The van der Waals surface area contributed by atoms with Crippen LogP contribution in [0.5, 0.6) is 0 Å². The number of carboxylic acids is 1. The summed E-state index contributed by atoms with van der Waals surface area (Å²) in [5.41, 5.74) is 10.7. The fraction of sp³-hybridized carbons (Fsp3) is 0.182. The number of carboxylic acid groups (broad SMARTS) is 1. The van der Waals surface area contributed by atoms with E-state index in [4.69, 9.17) is 10.8 Å². The summed E-state index contributed by atoms with van der Waals surface area (Å²) in [5, 5.41) is 15.7. The monoisotopic (exact) mass is 402 g/mol. The van der Waals surface area contributed by atoms with Gasteiger partial charge in [-0.1, -0.05) is 30.3 Å².